The molecule has 0 saturated carbocycles. The number of carbonyl (C=O) groups excluding carboxylic acids is 2. The van der Waals surface area contributed by atoms with E-state index in [-0.39, 0.29) is 24.6 Å². The first-order valence-corrected chi connectivity index (χ1v) is 9.54. The quantitative estimate of drug-likeness (QED) is 0.675. The lowest BCUT2D eigenvalue weighted by molar-refractivity contribution is 0.0809. The van der Waals surface area contributed by atoms with Crippen molar-refractivity contribution >= 4 is 17.6 Å². The Kier molecular flexibility index (Phi) is 5.56. The first-order chi connectivity index (χ1) is 14.2. The van der Waals surface area contributed by atoms with Gasteiger partial charge < -0.3 is 9.47 Å². The number of amides is 1. The van der Waals surface area contributed by atoms with Crippen molar-refractivity contribution in [2.45, 2.75) is 12.5 Å². The Bertz CT molecular complexity index is 976. The summed E-state index contributed by atoms with van der Waals surface area (Å²) in [5.74, 6) is 0.557. The van der Waals surface area contributed by atoms with Gasteiger partial charge >= 0.3 is 6.09 Å². The van der Waals surface area contributed by atoms with E-state index < -0.39 is 0 Å². The highest BCUT2D eigenvalue weighted by atomic mass is 16.6. The van der Waals surface area contributed by atoms with E-state index in [9.17, 15) is 9.59 Å². The lowest BCUT2D eigenvalue weighted by atomic mass is 10.0. The van der Waals surface area contributed by atoms with Crippen molar-refractivity contribution in [1.29, 1.82) is 0 Å². The van der Waals surface area contributed by atoms with Crippen molar-refractivity contribution in [2.24, 2.45) is 0 Å². The summed E-state index contributed by atoms with van der Waals surface area (Å²) in [7, 11) is 0. The van der Waals surface area contributed by atoms with Crippen molar-refractivity contribution in [3.8, 4) is 0 Å². The number of ether oxygens (including phenoxy) is 2. The van der Waals surface area contributed by atoms with Gasteiger partial charge in [0.25, 0.3) is 0 Å². The Balaban J connectivity index is 1.40. The fourth-order valence-corrected chi connectivity index (χ4v) is 3.28. The number of hydrogen-bond acceptors (Lipinski definition) is 4. The van der Waals surface area contributed by atoms with E-state index in [1.807, 2.05) is 66.8 Å². The molecule has 5 heteroatoms. The number of hydrogen-bond donors (Lipinski definition) is 0. The van der Waals surface area contributed by atoms with Crippen LogP contribution in [-0.2, 0) is 9.47 Å². The molecule has 29 heavy (non-hydrogen) atoms. The highest BCUT2D eigenvalue weighted by Gasteiger charge is 2.32. The van der Waals surface area contributed by atoms with Crippen molar-refractivity contribution in [1.82, 2.24) is 0 Å². The highest BCUT2D eigenvalue weighted by molar-refractivity contribution is 6.09. The number of allylic oxidation sites excluding steroid dienone is 5. The molecule has 1 unspecified atom stereocenters. The molecule has 1 heterocycles. The molecule has 5 nitrogen and oxygen atoms in total. The Hall–Kier alpha value is -3.60. The van der Waals surface area contributed by atoms with Gasteiger partial charge in [-0.15, -0.1) is 0 Å². The molecular formula is C24H21NO4. The predicted molar refractivity (Wildman–Crippen MR) is 111 cm³/mol. The van der Waals surface area contributed by atoms with Crippen LogP contribution in [0, 0.1) is 0 Å². The minimum Gasteiger partial charge on any atom is -0.490 e. The summed E-state index contributed by atoms with van der Waals surface area (Å²) in [6.45, 7) is 0.642. The number of ketones is 1. The van der Waals surface area contributed by atoms with Crippen LogP contribution in [-0.4, -0.2) is 31.1 Å². The lowest BCUT2D eigenvalue weighted by Crippen LogP contribution is -2.25. The van der Waals surface area contributed by atoms with Gasteiger partial charge in [0.2, 0.25) is 0 Å². The number of Topliss-reactive ketones (excluding diaryl/α,β-unsaturated/α-hetero) is 1. The third-order valence-corrected chi connectivity index (χ3v) is 4.76. The van der Waals surface area contributed by atoms with E-state index in [1.165, 1.54) is 0 Å². The topological polar surface area (TPSA) is 55.8 Å². The van der Waals surface area contributed by atoms with Crippen LogP contribution in [0.4, 0.5) is 10.5 Å². The lowest BCUT2D eigenvalue weighted by Gasteiger charge is -2.13. The van der Waals surface area contributed by atoms with E-state index in [0.717, 1.165) is 5.69 Å². The van der Waals surface area contributed by atoms with Gasteiger partial charge in [-0.1, -0.05) is 60.7 Å². The number of cyclic esters (lactones) is 1. The number of para-hydroxylation sites is 1. The van der Waals surface area contributed by atoms with Gasteiger partial charge in [0.15, 0.2) is 11.9 Å². The van der Waals surface area contributed by atoms with Crippen molar-refractivity contribution in [3.63, 3.8) is 0 Å². The van der Waals surface area contributed by atoms with E-state index >= 15 is 0 Å². The van der Waals surface area contributed by atoms with Crippen LogP contribution >= 0.6 is 0 Å². The predicted octanol–water partition coefficient (Wildman–Crippen LogP) is 4.68. The number of benzene rings is 2. The molecule has 146 valence electrons. The Morgan fingerprint density at radius 2 is 1.79 bits per heavy atom. The molecule has 1 saturated heterocycles. The van der Waals surface area contributed by atoms with Gasteiger partial charge in [-0.05, 0) is 30.7 Å². The Labute approximate surface area is 169 Å². The molecule has 1 fully saturated rings. The summed E-state index contributed by atoms with van der Waals surface area (Å²) in [5.41, 5.74) is 2.11. The maximum atomic E-state index is 12.7. The monoisotopic (exact) mass is 387 g/mol. The minimum absolute atomic E-state index is 0.0193. The smallest absolute Gasteiger partial charge is 0.414 e. The standard InChI is InChI=1S/C24H21NO4/c26-23(18-9-3-1-4-10-18)19-11-7-8-14-21(15-19)28-17-22-16-25(24(27)29-22)20-12-5-2-6-13-20/h1-10,12-15,22H,11,16-17H2. The molecule has 4 rings (SSSR count). The molecule has 2 aliphatic rings. The zero-order chi connectivity index (χ0) is 20.1. The van der Waals surface area contributed by atoms with Crippen LogP contribution in [0.3, 0.4) is 0 Å². The van der Waals surface area contributed by atoms with Gasteiger partial charge in [-0.3, -0.25) is 9.69 Å². The van der Waals surface area contributed by atoms with Crippen LogP contribution < -0.4 is 4.90 Å². The molecule has 1 aliphatic heterocycles. The van der Waals surface area contributed by atoms with Crippen molar-refractivity contribution in [2.75, 3.05) is 18.1 Å². The summed E-state index contributed by atoms with van der Waals surface area (Å²) in [5, 5.41) is 0. The molecule has 0 spiro atoms. The highest BCUT2D eigenvalue weighted by Crippen LogP contribution is 2.23. The SMILES string of the molecule is O=C(C1=CC(OCC2CN(c3ccccc3)C(=O)O2)=CC=CC1)c1ccccc1. The molecule has 2 aromatic carbocycles. The second-order valence-corrected chi connectivity index (χ2v) is 6.83. The second kappa shape index (κ2) is 8.61. The van der Waals surface area contributed by atoms with Crippen LogP contribution in [0.25, 0.3) is 0 Å². The zero-order valence-corrected chi connectivity index (χ0v) is 15.9. The van der Waals surface area contributed by atoms with Gasteiger partial charge in [-0.2, -0.15) is 0 Å². The van der Waals surface area contributed by atoms with E-state index in [1.54, 1.807) is 23.1 Å². The zero-order valence-electron chi connectivity index (χ0n) is 15.9. The van der Waals surface area contributed by atoms with Crippen LogP contribution in [0.1, 0.15) is 16.8 Å². The maximum Gasteiger partial charge on any atom is 0.414 e. The molecule has 1 aliphatic carbocycles. The molecule has 0 radical (unpaired) electrons. The van der Waals surface area contributed by atoms with Gasteiger partial charge in [0.05, 0.1) is 6.54 Å². The molecule has 1 amide bonds. The molecule has 0 aromatic heterocycles. The molecule has 0 bridgehead atoms. The minimum atomic E-state index is -0.380. The Morgan fingerprint density at radius 1 is 1.07 bits per heavy atom. The summed E-state index contributed by atoms with van der Waals surface area (Å²) in [6.07, 6.45) is 7.16. The third-order valence-electron chi connectivity index (χ3n) is 4.76. The summed E-state index contributed by atoms with van der Waals surface area (Å²) in [4.78, 5) is 26.5. The van der Waals surface area contributed by atoms with Crippen molar-refractivity contribution in [3.05, 3.63) is 102 Å². The summed E-state index contributed by atoms with van der Waals surface area (Å²) in [6, 6.07) is 18.6. The summed E-state index contributed by atoms with van der Waals surface area (Å²) >= 11 is 0. The molecule has 0 N–H and O–H groups in total. The molecule has 1 atom stereocenters. The average Bonchev–Trinajstić information content (AvgIpc) is 2.98. The second-order valence-electron chi connectivity index (χ2n) is 6.83. The first kappa shape index (κ1) is 18.7. The number of anilines is 1. The third kappa shape index (κ3) is 4.46. The average molecular weight is 387 g/mol. The fourth-order valence-electron chi connectivity index (χ4n) is 3.28. The van der Waals surface area contributed by atoms with Crippen LogP contribution in [0.15, 0.2) is 96.3 Å². The first-order valence-electron chi connectivity index (χ1n) is 9.54. The summed E-state index contributed by atoms with van der Waals surface area (Å²) < 4.78 is 11.3. The molecular weight excluding hydrogens is 366 g/mol. The largest absolute Gasteiger partial charge is 0.490 e. The normalized spacial score (nSPS) is 18.6. The maximum absolute atomic E-state index is 12.7. The fraction of sp³-hybridized carbons (Fsp3) is 0.167. The van der Waals surface area contributed by atoms with Crippen molar-refractivity contribution < 1.29 is 19.1 Å². The van der Waals surface area contributed by atoms with E-state index in [0.29, 0.717) is 29.9 Å². The van der Waals surface area contributed by atoms with Gasteiger partial charge in [-0.25, -0.2) is 4.79 Å². The van der Waals surface area contributed by atoms with Crippen LogP contribution in [0.5, 0.6) is 0 Å². The van der Waals surface area contributed by atoms with Crippen LogP contribution in [0.2, 0.25) is 0 Å². The van der Waals surface area contributed by atoms with E-state index in [2.05, 4.69) is 0 Å². The van der Waals surface area contributed by atoms with Gasteiger partial charge in [0.1, 0.15) is 12.4 Å². The molecule has 2 aromatic rings. The number of carbonyl (C=O) groups is 2. The van der Waals surface area contributed by atoms with E-state index in [4.69, 9.17) is 9.47 Å². The Morgan fingerprint density at radius 3 is 2.55 bits per heavy atom. The number of rotatable bonds is 6. The van der Waals surface area contributed by atoms with Gasteiger partial charge in [0, 0.05) is 16.8 Å². The number of nitrogens with zero attached hydrogens (tertiary/aromatic N) is 1.